The first-order valence-electron chi connectivity index (χ1n) is 8.56. The number of hydrogen-bond donors (Lipinski definition) is 0. The number of benzene rings is 2. The van der Waals surface area contributed by atoms with Crippen molar-refractivity contribution in [2.45, 2.75) is 4.90 Å². The molecule has 1 aromatic heterocycles. The van der Waals surface area contributed by atoms with E-state index in [0.29, 0.717) is 26.2 Å². The van der Waals surface area contributed by atoms with Gasteiger partial charge in [0.15, 0.2) is 5.13 Å². The van der Waals surface area contributed by atoms with Gasteiger partial charge in [-0.25, -0.2) is 17.8 Å². The highest BCUT2D eigenvalue weighted by molar-refractivity contribution is 7.89. The van der Waals surface area contributed by atoms with Crippen LogP contribution in [0.1, 0.15) is 0 Å². The van der Waals surface area contributed by atoms with Crippen LogP contribution in [0, 0.1) is 5.82 Å². The molecule has 2 heterocycles. The second kappa shape index (κ2) is 7.38. The maximum absolute atomic E-state index is 13.4. The van der Waals surface area contributed by atoms with Crippen molar-refractivity contribution < 1.29 is 12.8 Å². The Labute approximate surface area is 161 Å². The van der Waals surface area contributed by atoms with Gasteiger partial charge in [0.05, 0.1) is 10.6 Å². The number of rotatable bonds is 4. The molecule has 4 rings (SSSR count). The van der Waals surface area contributed by atoms with E-state index in [1.165, 1.54) is 22.5 Å². The van der Waals surface area contributed by atoms with Gasteiger partial charge in [-0.15, -0.1) is 11.3 Å². The van der Waals surface area contributed by atoms with Crippen molar-refractivity contribution in [3.8, 4) is 11.3 Å². The fourth-order valence-electron chi connectivity index (χ4n) is 3.05. The van der Waals surface area contributed by atoms with E-state index < -0.39 is 15.8 Å². The lowest BCUT2D eigenvalue weighted by Crippen LogP contribution is -2.48. The molecule has 0 N–H and O–H groups in total. The van der Waals surface area contributed by atoms with Gasteiger partial charge >= 0.3 is 0 Å². The fourth-order valence-corrected chi connectivity index (χ4v) is 5.39. The summed E-state index contributed by atoms with van der Waals surface area (Å²) in [7, 11) is -3.68. The van der Waals surface area contributed by atoms with Gasteiger partial charge in [0.2, 0.25) is 10.0 Å². The molecule has 1 saturated heterocycles. The van der Waals surface area contributed by atoms with Crippen LogP contribution in [-0.4, -0.2) is 43.9 Å². The number of piperazine rings is 1. The third-order valence-electron chi connectivity index (χ3n) is 4.50. The Balaban J connectivity index is 1.46. The molecule has 1 aliphatic heterocycles. The molecular formula is C19H18FN3O2S2. The molecule has 0 aliphatic carbocycles. The first-order chi connectivity index (χ1) is 13.0. The predicted molar refractivity (Wildman–Crippen MR) is 105 cm³/mol. The van der Waals surface area contributed by atoms with Gasteiger partial charge in [-0.1, -0.05) is 36.4 Å². The number of anilines is 1. The normalized spacial score (nSPS) is 15.8. The van der Waals surface area contributed by atoms with Crippen LogP contribution in [0.25, 0.3) is 11.3 Å². The Morgan fingerprint density at radius 2 is 1.70 bits per heavy atom. The molecule has 3 aromatic rings. The van der Waals surface area contributed by atoms with Crippen molar-refractivity contribution in [3.63, 3.8) is 0 Å². The van der Waals surface area contributed by atoms with Gasteiger partial charge < -0.3 is 4.90 Å². The van der Waals surface area contributed by atoms with Gasteiger partial charge in [-0.05, 0) is 18.2 Å². The Hall–Kier alpha value is -2.29. The molecular weight excluding hydrogens is 385 g/mol. The molecule has 27 heavy (non-hydrogen) atoms. The Bertz CT molecular complexity index is 1030. The SMILES string of the molecule is O=S(=O)(c1cccc(F)c1)N1CCN(c2nc(-c3ccccc3)cs2)CC1. The number of halogens is 1. The molecule has 0 saturated carbocycles. The number of aromatic nitrogens is 1. The molecule has 5 nitrogen and oxygen atoms in total. The fraction of sp³-hybridized carbons (Fsp3) is 0.211. The zero-order valence-electron chi connectivity index (χ0n) is 14.5. The minimum absolute atomic E-state index is 0.00318. The average molecular weight is 404 g/mol. The highest BCUT2D eigenvalue weighted by Crippen LogP contribution is 2.28. The van der Waals surface area contributed by atoms with Gasteiger partial charge in [-0.3, -0.25) is 0 Å². The first kappa shape index (κ1) is 18.1. The number of sulfonamides is 1. The maximum atomic E-state index is 13.4. The van der Waals surface area contributed by atoms with Crippen LogP contribution < -0.4 is 4.90 Å². The molecule has 140 valence electrons. The largest absolute Gasteiger partial charge is 0.345 e. The molecule has 1 aliphatic rings. The van der Waals surface area contributed by atoms with Gasteiger partial charge in [-0.2, -0.15) is 4.31 Å². The minimum atomic E-state index is -3.68. The zero-order chi connectivity index (χ0) is 18.9. The molecule has 0 spiro atoms. The van der Waals surface area contributed by atoms with Crippen molar-refractivity contribution >= 4 is 26.5 Å². The third kappa shape index (κ3) is 3.73. The van der Waals surface area contributed by atoms with Gasteiger partial charge in [0, 0.05) is 37.1 Å². The highest BCUT2D eigenvalue weighted by Gasteiger charge is 2.29. The average Bonchev–Trinajstić information content (AvgIpc) is 3.19. The Morgan fingerprint density at radius 1 is 0.963 bits per heavy atom. The summed E-state index contributed by atoms with van der Waals surface area (Å²) in [5.74, 6) is -0.550. The molecule has 1 fully saturated rings. The lowest BCUT2D eigenvalue weighted by atomic mass is 10.2. The predicted octanol–water partition coefficient (Wildman–Crippen LogP) is 3.46. The van der Waals surface area contributed by atoms with E-state index in [1.807, 2.05) is 35.7 Å². The molecule has 2 aromatic carbocycles. The monoisotopic (exact) mass is 403 g/mol. The van der Waals surface area contributed by atoms with Crippen molar-refractivity contribution in [2.24, 2.45) is 0 Å². The van der Waals surface area contributed by atoms with E-state index in [-0.39, 0.29) is 4.90 Å². The zero-order valence-corrected chi connectivity index (χ0v) is 16.1. The van der Waals surface area contributed by atoms with Crippen LogP contribution in [0.3, 0.4) is 0 Å². The van der Waals surface area contributed by atoms with Gasteiger partial charge in [0.25, 0.3) is 0 Å². The topological polar surface area (TPSA) is 53.5 Å². The summed E-state index contributed by atoms with van der Waals surface area (Å²) < 4.78 is 40.2. The van der Waals surface area contributed by atoms with Crippen LogP contribution in [0.5, 0.6) is 0 Å². The van der Waals surface area contributed by atoms with Crippen LogP contribution >= 0.6 is 11.3 Å². The molecule has 0 radical (unpaired) electrons. The quantitative estimate of drug-likeness (QED) is 0.670. The molecule has 8 heteroatoms. The maximum Gasteiger partial charge on any atom is 0.243 e. The highest BCUT2D eigenvalue weighted by atomic mass is 32.2. The van der Waals surface area contributed by atoms with E-state index in [1.54, 1.807) is 11.3 Å². The van der Waals surface area contributed by atoms with Gasteiger partial charge in [0.1, 0.15) is 5.82 Å². The van der Waals surface area contributed by atoms with E-state index in [9.17, 15) is 12.8 Å². The summed E-state index contributed by atoms with van der Waals surface area (Å²) >= 11 is 1.56. The van der Waals surface area contributed by atoms with E-state index in [0.717, 1.165) is 22.5 Å². The first-order valence-corrected chi connectivity index (χ1v) is 10.9. The summed E-state index contributed by atoms with van der Waals surface area (Å²) in [6.07, 6.45) is 0. The molecule has 0 unspecified atom stereocenters. The van der Waals surface area contributed by atoms with Crippen molar-refractivity contribution in [2.75, 3.05) is 31.1 Å². The molecule has 0 bridgehead atoms. The summed E-state index contributed by atoms with van der Waals surface area (Å²) in [5, 5.41) is 2.90. The Kier molecular flexibility index (Phi) is 4.94. The second-order valence-electron chi connectivity index (χ2n) is 6.23. The number of hydrogen-bond acceptors (Lipinski definition) is 5. The van der Waals surface area contributed by atoms with Crippen LogP contribution in [-0.2, 0) is 10.0 Å². The van der Waals surface area contributed by atoms with Crippen molar-refractivity contribution in [3.05, 3.63) is 65.8 Å². The summed E-state index contributed by atoms with van der Waals surface area (Å²) in [5.41, 5.74) is 1.98. The standard InChI is InChI=1S/C19H18FN3O2S2/c20-16-7-4-8-17(13-16)27(24,25)23-11-9-22(10-12-23)19-21-18(14-26-19)15-5-2-1-3-6-15/h1-8,13-14H,9-12H2. The van der Waals surface area contributed by atoms with Crippen LogP contribution in [0.2, 0.25) is 0 Å². The molecule has 0 amide bonds. The third-order valence-corrected chi connectivity index (χ3v) is 7.30. The Morgan fingerprint density at radius 3 is 2.41 bits per heavy atom. The number of nitrogens with zero attached hydrogens (tertiary/aromatic N) is 3. The van der Waals surface area contributed by atoms with E-state index in [4.69, 9.17) is 0 Å². The van der Waals surface area contributed by atoms with Crippen molar-refractivity contribution in [1.29, 1.82) is 0 Å². The lowest BCUT2D eigenvalue weighted by Gasteiger charge is -2.33. The second-order valence-corrected chi connectivity index (χ2v) is 9.00. The van der Waals surface area contributed by atoms with E-state index in [2.05, 4.69) is 9.88 Å². The summed E-state index contributed by atoms with van der Waals surface area (Å²) in [4.78, 5) is 6.78. The summed E-state index contributed by atoms with van der Waals surface area (Å²) in [6.45, 7) is 1.80. The molecule has 0 atom stereocenters. The lowest BCUT2D eigenvalue weighted by molar-refractivity contribution is 0.384. The van der Waals surface area contributed by atoms with Crippen molar-refractivity contribution in [1.82, 2.24) is 9.29 Å². The number of thiazole rings is 1. The van der Waals surface area contributed by atoms with Crippen LogP contribution in [0.4, 0.5) is 9.52 Å². The smallest absolute Gasteiger partial charge is 0.243 e. The van der Waals surface area contributed by atoms with Crippen LogP contribution in [0.15, 0.2) is 64.9 Å². The minimum Gasteiger partial charge on any atom is -0.345 e. The van der Waals surface area contributed by atoms with E-state index >= 15 is 0 Å². The summed E-state index contributed by atoms with van der Waals surface area (Å²) in [6, 6.07) is 15.1.